The number of nitrogens with one attached hydrogen (secondary N) is 3. The van der Waals surface area contributed by atoms with Crippen molar-refractivity contribution in [1.29, 1.82) is 0 Å². The fourth-order valence-electron chi connectivity index (χ4n) is 1.63. The van der Waals surface area contributed by atoms with Gasteiger partial charge in [-0.3, -0.25) is 0 Å². The molecule has 0 amide bonds. The van der Waals surface area contributed by atoms with Crippen LogP contribution in [0.2, 0.25) is 0 Å². The first kappa shape index (κ1) is 11.0. The molecule has 0 unspecified atom stereocenters. The van der Waals surface area contributed by atoms with Crippen LogP contribution in [0.15, 0.2) is 12.3 Å². The van der Waals surface area contributed by atoms with Gasteiger partial charge in [-0.05, 0) is 0 Å². The van der Waals surface area contributed by atoms with E-state index in [9.17, 15) is 0 Å². The molecule has 1 aromatic rings. The summed E-state index contributed by atoms with van der Waals surface area (Å²) in [6, 6.07) is 2.50. The Hall–Kier alpha value is -1.51. The molecule has 1 aliphatic rings. The maximum atomic E-state index is 5.14. The fraction of sp³-hybridized carbons (Fsp3) is 0.545. The molecule has 1 saturated heterocycles. The summed E-state index contributed by atoms with van der Waals surface area (Å²) >= 11 is 0. The second-order valence-electron chi connectivity index (χ2n) is 3.78. The van der Waals surface area contributed by atoms with Crippen molar-refractivity contribution in [2.45, 2.75) is 6.04 Å². The van der Waals surface area contributed by atoms with Crippen molar-refractivity contribution < 1.29 is 0 Å². The first-order chi connectivity index (χ1) is 7.92. The van der Waals surface area contributed by atoms with Crippen LogP contribution in [0.4, 0.5) is 5.82 Å². The van der Waals surface area contributed by atoms with Gasteiger partial charge in [-0.25, -0.2) is 4.68 Å². The zero-order valence-electron chi connectivity index (χ0n) is 9.24. The molecule has 5 nitrogen and oxygen atoms in total. The highest BCUT2D eigenvalue weighted by atomic mass is 15.4. The molecule has 2 heterocycles. The Bertz CT molecular complexity index is 361. The summed E-state index contributed by atoms with van der Waals surface area (Å²) in [6.07, 6.45) is 6.97. The second-order valence-corrected chi connectivity index (χ2v) is 3.78. The summed E-state index contributed by atoms with van der Waals surface area (Å²) in [5.74, 6) is 3.62. The van der Waals surface area contributed by atoms with E-state index in [2.05, 4.69) is 27.0 Å². The van der Waals surface area contributed by atoms with E-state index < -0.39 is 0 Å². The Balaban J connectivity index is 1.76. The average Bonchev–Trinajstić information content (AvgIpc) is 2.64. The van der Waals surface area contributed by atoms with Crippen molar-refractivity contribution in [3.63, 3.8) is 0 Å². The van der Waals surface area contributed by atoms with Gasteiger partial charge in [0.05, 0.1) is 18.8 Å². The highest BCUT2D eigenvalue weighted by Gasteiger charge is 2.21. The molecule has 1 aliphatic heterocycles. The molecule has 2 rings (SSSR count). The summed E-state index contributed by atoms with van der Waals surface area (Å²) in [4.78, 5) is 0. The lowest BCUT2D eigenvalue weighted by atomic mass is 10.2. The molecule has 0 aromatic carbocycles. The molecule has 86 valence electrons. The Labute approximate surface area is 95.6 Å². The molecule has 1 aromatic heterocycles. The highest BCUT2D eigenvalue weighted by Crippen LogP contribution is 2.16. The van der Waals surface area contributed by atoms with Gasteiger partial charge < -0.3 is 16.0 Å². The number of rotatable bonds is 6. The topological polar surface area (TPSA) is 53.9 Å². The number of terminal acetylenes is 1. The molecule has 0 radical (unpaired) electrons. The van der Waals surface area contributed by atoms with Gasteiger partial charge >= 0.3 is 0 Å². The second kappa shape index (κ2) is 5.54. The molecule has 16 heavy (non-hydrogen) atoms. The summed E-state index contributed by atoms with van der Waals surface area (Å²) in [5.41, 5.74) is 0. The Morgan fingerprint density at radius 1 is 1.56 bits per heavy atom. The molecular weight excluding hydrogens is 202 g/mol. The third-order valence-corrected chi connectivity index (χ3v) is 2.61. The van der Waals surface area contributed by atoms with Gasteiger partial charge in [-0.15, -0.1) is 6.42 Å². The van der Waals surface area contributed by atoms with Crippen LogP contribution in [-0.2, 0) is 0 Å². The molecule has 0 saturated carbocycles. The van der Waals surface area contributed by atoms with Crippen molar-refractivity contribution in [3.8, 4) is 12.3 Å². The standard InChI is InChI=1S/C11H17N5/c1-2-4-12-6-7-14-11-3-5-15-16(11)10-8-13-9-10/h1,3,5,10,12-14H,4,6-9H2. The quantitative estimate of drug-likeness (QED) is 0.453. The molecule has 0 bridgehead atoms. The SMILES string of the molecule is C#CCNCCNc1ccnn1C1CNC1. The minimum atomic E-state index is 0.496. The molecule has 0 spiro atoms. The third kappa shape index (κ3) is 2.54. The van der Waals surface area contributed by atoms with Crippen molar-refractivity contribution >= 4 is 5.82 Å². The summed E-state index contributed by atoms with van der Waals surface area (Å²) in [6.45, 7) is 4.34. The van der Waals surface area contributed by atoms with Crippen LogP contribution >= 0.6 is 0 Å². The van der Waals surface area contributed by atoms with Crippen molar-refractivity contribution in [3.05, 3.63) is 12.3 Å². The summed E-state index contributed by atoms with van der Waals surface area (Å²) in [5, 5.41) is 14.0. The highest BCUT2D eigenvalue weighted by molar-refractivity contribution is 5.34. The number of anilines is 1. The first-order valence-corrected chi connectivity index (χ1v) is 5.54. The van der Waals surface area contributed by atoms with Gasteiger partial charge in [0.1, 0.15) is 5.82 Å². The van der Waals surface area contributed by atoms with Gasteiger partial charge in [-0.2, -0.15) is 5.10 Å². The molecule has 5 heteroatoms. The number of nitrogens with zero attached hydrogens (tertiary/aromatic N) is 2. The molecule has 0 atom stereocenters. The van der Waals surface area contributed by atoms with E-state index in [0.717, 1.165) is 32.0 Å². The molecule has 0 aliphatic carbocycles. The zero-order valence-corrected chi connectivity index (χ0v) is 9.24. The maximum Gasteiger partial charge on any atom is 0.124 e. The van der Waals surface area contributed by atoms with Gasteiger partial charge in [-0.1, -0.05) is 5.92 Å². The molecular formula is C11H17N5. The van der Waals surface area contributed by atoms with Gasteiger partial charge in [0, 0.05) is 32.2 Å². The Morgan fingerprint density at radius 3 is 3.12 bits per heavy atom. The van der Waals surface area contributed by atoms with Crippen LogP contribution in [0.3, 0.4) is 0 Å². The molecule has 1 fully saturated rings. The monoisotopic (exact) mass is 219 g/mol. The van der Waals surface area contributed by atoms with Gasteiger partial charge in [0.25, 0.3) is 0 Å². The van der Waals surface area contributed by atoms with Crippen LogP contribution in [0.1, 0.15) is 6.04 Å². The molecule has 3 N–H and O–H groups in total. The van der Waals surface area contributed by atoms with E-state index in [0.29, 0.717) is 12.6 Å². The average molecular weight is 219 g/mol. The lowest BCUT2D eigenvalue weighted by molar-refractivity contribution is 0.321. The Kier molecular flexibility index (Phi) is 3.81. The van der Waals surface area contributed by atoms with Gasteiger partial charge in [0.2, 0.25) is 0 Å². The lowest BCUT2D eigenvalue weighted by Gasteiger charge is -2.28. The van der Waals surface area contributed by atoms with Gasteiger partial charge in [0.15, 0.2) is 0 Å². The maximum absolute atomic E-state index is 5.14. The van der Waals surface area contributed by atoms with Crippen LogP contribution in [0.5, 0.6) is 0 Å². The van der Waals surface area contributed by atoms with E-state index >= 15 is 0 Å². The minimum Gasteiger partial charge on any atom is -0.369 e. The largest absolute Gasteiger partial charge is 0.369 e. The van der Waals surface area contributed by atoms with Crippen LogP contribution in [-0.4, -0.2) is 42.5 Å². The fourth-order valence-corrected chi connectivity index (χ4v) is 1.63. The van der Waals surface area contributed by atoms with E-state index in [1.165, 1.54) is 0 Å². The number of hydrogen-bond acceptors (Lipinski definition) is 4. The van der Waals surface area contributed by atoms with E-state index in [1.54, 1.807) is 0 Å². The summed E-state index contributed by atoms with van der Waals surface area (Å²) < 4.78 is 2.04. The minimum absolute atomic E-state index is 0.496. The Morgan fingerprint density at radius 2 is 2.44 bits per heavy atom. The van der Waals surface area contributed by atoms with Crippen LogP contribution < -0.4 is 16.0 Å². The van der Waals surface area contributed by atoms with Crippen molar-refractivity contribution in [2.24, 2.45) is 0 Å². The van der Waals surface area contributed by atoms with E-state index in [1.807, 2.05) is 16.9 Å². The van der Waals surface area contributed by atoms with Crippen LogP contribution in [0.25, 0.3) is 0 Å². The van der Waals surface area contributed by atoms with E-state index in [4.69, 9.17) is 6.42 Å². The number of hydrogen-bond donors (Lipinski definition) is 3. The predicted octanol–water partition coefficient (Wildman–Crippen LogP) is -0.338. The summed E-state index contributed by atoms with van der Waals surface area (Å²) in [7, 11) is 0. The normalized spacial score (nSPS) is 15.4. The van der Waals surface area contributed by atoms with E-state index in [-0.39, 0.29) is 0 Å². The van der Waals surface area contributed by atoms with Crippen molar-refractivity contribution in [2.75, 3.05) is 38.0 Å². The predicted molar refractivity (Wildman–Crippen MR) is 64.3 cm³/mol. The number of aromatic nitrogens is 2. The van der Waals surface area contributed by atoms with Crippen LogP contribution in [0, 0.1) is 12.3 Å². The smallest absolute Gasteiger partial charge is 0.124 e. The lowest BCUT2D eigenvalue weighted by Crippen LogP contribution is -2.44. The zero-order chi connectivity index (χ0) is 11.2. The van der Waals surface area contributed by atoms with Crippen molar-refractivity contribution in [1.82, 2.24) is 20.4 Å². The third-order valence-electron chi connectivity index (χ3n) is 2.61. The first-order valence-electron chi connectivity index (χ1n) is 5.54.